The predicted molar refractivity (Wildman–Crippen MR) is 115 cm³/mol. The van der Waals surface area contributed by atoms with Crippen LogP contribution in [0.1, 0.15) is 33.3 Å². The molecule has 0 radical (unpaired) electrons. The van der Waals surface area contributed by atoms with Crippen molar-refractivity contribution in [2.24, 2.45) is 0 Å². The molecule has 2 rings (SSSR count). The second-order valence-electron chi connectivity index (χ2n) is 7.30. The quantitative estimate of drug-likeness (QED) is 0.535. The third-order valence-electron chi connectivity index (χ3n) is 3.93. The summed E-state index contributed by atoms with van der Waals surface area (Å²) in [5, 5.41) is 2.84. The topological polar surface area (TPSA) is 56.8 Å². The Morgan fingerprint density at radius 2 is 1.86 bits per heavy atom. The van der Waals surface area contributed by atoms with Crippen LogP contribution < -0.4 is 14.8 Å². The molecule has 0 spiro atoms. The number of halogens is 1. The summed E-state index contributed by atoms with van der Waals surface area (Å²) in [6.07, 6.45) is 0. The SMILES string of the molecule is CCOCCOc1cccc(NC(=O)COc2ccc(Br)cc2C(C)(C)C)c1. The predicted octanol–water partition coefficient (Wildman–Crippen LogP) is 5.18. The van der Waals surface area contributed by atoms with Crippen LogP contribution in [0.5, 0.6) is 11.5 Å². The van der Waals surface area contributed by atoms with Gasteiger partial charge in [-0.2, -0.15) is 0 Å². The molecular formula is C22H28BrNO4. The molecule has 1 N–H and O–H groups in total. The van der Waals surface area contributed by atoms with E-state index >= 15 is 0 Å². The van der Waals surface area contributed by atoms with Crippen LogP contribution in [0.2, 0.25) is 0 Å². The number of carbonyl (C=O) groups excluding carboxylic acids is 1. The number of amides is 1. The van der Waals surface area contributed by atoms with Gasteiger partial charge in [0, 0.05) is 28.4 Å². The molecule has 2 aromatic rings. The second-order valence-corrected chi connectivity index (χ2v) is 8.22. The van der Waals surface area contributed by atoms with Crippen LogP contribution >= 0.6 is 15.9 Å². The molecule has 0 bridgehead atoms. The summed E-state index contributed by atoms with van der Waals surface area (Å²) >= 11 is 3.49. The third kappa shape index (κ3) is 7.17. The van der Waals surface area contributed by atoms with Crippen molar-refractivity contribution in [1.82, 2.24) is 0 Å². The standard InChI is InChI=1S/C22H28BrNO4/c1-5-26-11-12-27-18-8-6-7-17(14-18)24-21(25)15-28-20-10-9-16(23)13-19(20)22(2,3)4/h6-10,13-14H,5,11-12,15H2,1-4H3,(H,24,25). The van der Waals surface area contributed by atoms with Crippen molar-refractivity contribution in [3.63, 3.8) is 0 Å². The highest BCUT2D eigenvalue weighted by atomic mass is 79.9. The Hall–Kier alpha value is -2.05. The van der Waals surface area contributed by atoms with Gasteiger partial charge in [0.15, 0.2) is 6.61 Å². The number of rotatable bonds is 9. The lowest BCUT2D eigenvalue weighted by atomic mass is 9.86. The van der Waals surface area contributed by atoms with Gasteiger partial charge >= 0.3 is 0 Å². The number of benzene rings is 2. The average molecular weight is 450 g/mol. The van der Waals surface area contributed by atoms with Crippen LogP contribution in [-0.4, -0.2) is 32.3 Å². The lowest BCUT2D eigenvalue weighted by Crippen LogP contribution is -2.22. The fourth-order valence-corrected chi connectivity index (χ4v) is 2.94. The Labute approximate surface area is 175 Å². The van der Waals surface area contributed by atoms with Crippen molar-refractivity contribution in [2.45, 2.75) is 33.1 Å². The number of carbonyl (C=O) groups is 1. The van der Waals surface area contributed by atoms with Crippen LogP contribution in [0.15, 0.2) is 46.9 Å². The van der Waals surface area contributed by atoms with Crippen LogP contribution in [0.3, 0.4) is 0 Å². The molecule has 0 aliphatic carbocycles. The van der Waals surface area contributed by atoms with Gasteiger partial charge in [0.1, 0.15) is 18.1 Å². The van der Waals surface area contributed by atoms with Gasteiger partial charge in [-0.25, -0.2) is 0 Å². The highest BCUT2D eigenvalue weighted by Gasteiger charge is 2.20. The summed E-state index contributed by atoms with van der Waals surface area (Å²) in [7, 11) is 0. The zero-order valence-corrected chi connectivity index (χ0v) is 18.5. The van der Waals surface area contributed by atoms with Gasteiger partial charge in [-0.05, 0) is 42.7 Å². The molecule has 0 fully saturated rings. The first-order chi connectivity index (χ1) is 13.3. The lowest BCUT2D eigenvalue weighted by Gasteiger charge is -2.23. The highest BCUT2D eigenvalue weighted by molar-refractivity contribution is 9.10. The Kier molecular flexibility index (Phi) is 8.33. The molecule has 5 nitrogen and oxygen atoms in total. The molecule has 0 heterocycles. The molecule has 6 heteroatoms. The van der Waals surface area contributed by atoms with E-state index in [1.807, 2.05) is 43.3 Å². The molecular weight excluding hydrogens is 422 g/mol. The van der Waals surface area contributed by atoms with Gasteiger partial charge in [-0.15, -0.1) is 0 Å². The van der Waals surface area contributed by atoms with Gasteiger partial charge in [-0.1, -0.05) is 42.8 Å². The highest BCUT2D eigenvalue weighted by Crippen LogP contribution is 2.33. The fraction of sp³-hybridized carbons (Fsp3) is 0.409. The molecule has 0 atom stereocenters. The molecule has 0 aliphatic heterocycles. The number of nitrogens with one attached hydrogen (secondary N) is 1. The average Bonchev–Trinajstić information content (AvgIpc) is 2.64. The van der Waals surface area contributed by atoms with Gasteiger partial charge in [0.25, 0.3) is 5.91 Å². The number of hydrogen-bond donors (Lipinski definition) is 1. The smallest absolute Gasteiger partial charge is 0.262 e. The third-order valence-corrected chi connectivity index (χ3v) is 4.42. The molecule has 0 unspecified atom stereocenters. The van der Waals surface area contributed by atoms with Crippen molar-refractivity contribution in [3.8, 4) is 11.5 Å². The van der Waals surface area contributed by atoms with E-state index in [4.69, 9.17) is 14.2 Å². The normalized spacial score (nSPS) is 11.2. The Bertz CT molecular complexity index is 786. The first kappa shape index (κ1) is 22.2. The summed E-state index contributed by atoms with van der Waals surface area (Å²) < 4.78 is 17.6. The molecule has 28 heavy (non-hydrogen) atoms. The first-order valence-corrected chi connectivity index (χ1v) is 10.1. The molecule has 0 saturated heterocycles. The molecule has 0 saturated carbocycles. The van der Waals surface area contributed by atoms with E-state index in [9.17, 15) is 4.79 Å². The molecule has 0 aromatic heterocycles. The Morgan fingerprint density at radius 1 is 1.07 bits per heavy atom. The van der Waals surface area contributed by atoms with E-state index in [1.54, 1.807) is 6.07 Å². The number of hydrogen-bond acceptors (Lipinski definition) is 4. The number of ether oxygens (including phenoxy) is 3. The van der Waals surface area contributed by atoms with Gasteiger partial charge < -0.3 is 19.5 Å². The van der Waals surface area contributed by atoms with Crippen molar-refractivity contribution in [3.05, 3.63) is 52.5 Å². The van der Waals surface area contributed by atoms with Gasteiger partial charge in [0.2, 0.25) is 0 Å². The minimum Gasteiger partial charge on any atom is -0.491 e. The Morgan fingerprint density at radius 3 is 2.57 bits per heavy atom. The van der Waals surface area contributed by atoms with E-state index in [1.165, 1.54) is 0 Å². The summed E-state index contributed by atoms with van der Waals surface area (Å²) in [6.45, 7) is 9.86. The van der Waals surface area contributed by atoms with Crippen LogP contribution in [0.25, 0.3) is 0 Å². The minimum atomic E-state index is -0.228. The second kappa shape index (κ2) is 10.5. The molecule has 1 amide bonds. The van der Waals surface area contributed by atoms with E-state index in [0.717, 1.165) is 10.0 Å². The molecule has 2 aromatic carbocycles. The van der Waals surface area contributed by atoms with E-state index < -0.39 is 0 Å². The zero-order valence-electron chi connectivity index (χ0n) is 16.9. The van der Waals surface area contributed by atoms with Crippen molar-refractivity contribution in [2.75, 3.05) is 31.7 Å². The lowest BCUT2D eigenvalue weighted by molar-refractivity contribution is -0.118. The summed E-state index contributed by atoms with van der Waals surface area (Å²) in [4.78, 5) is 12.3. The maximum Gasteiger partial charge on any atom is 0.262 e. The van der Waals surface area contributed by atoms with Crippen LogP contribution in [0, 0.1) is 0 Å². The first-order valence-electron chi connectivity index (χ1n) is 9.33. The number of anilines is 1. The summed E-state index contributed by atoms with van der Waals surface area (Å²) in [5.41, 5.74) is 1.61. The largest absolute Gasteiger partial charge is 0.491 e. The summed E-state index contributed by atoms with van der Waals surface area (Å²) in [6, 6.07) is 13.1. The summed E-state index contributed by atoms with van der Waals surface area (Å²) in [5.74, 6) is 1.16. The van der Waals surface area contributed by atoms with Crippen molar-refractivity contribution < 1.29 is 19.0 Å². The zero-order chi connectivity index (χ0) is 20.6. The van der Waals surface area contributed by atoms with Crippen molar-refractivity contribution in [1.29, 1.82) is 0 Å². The van der Waals surface area contributed by atoms with E-state index in [2.05, 4.69) is 42.0 Å². The van der Waals surface area contributed by atoms with Crippen LogP contribution in [0.4, 0.5) is 5.69 Å². The Balaban J connectivity index is 1.93. The van der Waals surface area contributed by atoms with E-state index in [0.29, 0.717) is 37.0 Å². The fourth-order valence-electron chi connectivity index (χ4n) is 2.58. The molecule has 152 valence electrons. The molecule has 0 aliphatic rings. The monoisotopic (exact) mass is 449 g/mol. The van der Waals surface area contributed by atoms with E-state index in [-0.39, 0.29) is 17.9 Å². The maximum absolute atomic E-state index is 12.3. The van der Waals surface area contributed by atoms with Crippen LogP contribution in [-0.2, 0) is 14.9 Å². The maximum atomic E-state index is 12.3. The minimum absolute atomic E-state index is 0.0693. The van der Waals surface area contributed by atoms with Crippen molar-refractivity contribution >= 4 is 27.5 Å². The van der Waals surface area contributed by atoms with Gasteiger partial charge in [0.05, 0.1) is 6.61 Å². The van der Waals surface area contributed by atoms with Gasteiger partial charge in [-0.3, -0.25) is 4.79 Å².